The van der Waals surface area contributed by atoms with Gasteiger partial charge < -0.3 is 10.1 Å². The SMILES string of the molecule is CC(OCCCNC(=O)Cc1ccc(NS(=O)(=O)c2cccs2)cc1)c1ccccc1. The second kappa shape index (κ2) is 11.1. The molecule has 1 atom stereocenters. The van der Waals surface area contributed by atoms with Crippen molar-refractivity contribution in [3.8, 4) is 0 Å². The van der Waals surface area contributed by atoms with Crippen LogP contribution in [0.25, 0.3) is 0 Å². The highest BCUT2D eigenvalue weighted by molar-refractivity contribution is 7.94. The van der Waals surface area contributed by atoms with Gasteiger partial charge in [0.1, 0.15) is 4.21 Å². The van der Waals surface area contributed by atoms with Crippen LogP contribution in [-0.4, -0.2) is 27.5 Å². The number of sulfonamides is 1. The van der Waals surface area contributed by atoms with Crippen LogP contribution in [0.3, 0.4) is 0 Å². The molecule has 1 amide bonds. The van der Waals surface area contributed by atoms with Crippen molar-refractivity contribution in [1.29, 1.82) is 0 Å². The van der Waals surface area contributed by atoms with Gasteiger partial charge in [0, 0.05) is 18.8 Å². The van der Waals surface area contributed by atoms with Gasteiger partial charge in [-0.2, -0.15) is 0 Å². The van der Waals surface area contributed by atoms with Gasteiger partial charge in [-0.3, -0.25) is 9.52 Å². The number of rotatable bonds is 11. The second-order valence-corrected chi connectivity index (χ2v) is 9.90. The van der Waals surface area contributed by atoms with E-state index in [0.717, 1.165) is 28.9 Å². The lowest BCUT2D eigenvalue weighted by Crippen LogP contribution is -2.26. The van der Waals surface area contributed by atoms with Crippen molar-refractivity contribution in [3.05, 3.63) is 83.2 Å². The fraction of sp³-hybridized carbons (Fsp3) is 0.261. The highest BCUT2D eigenvalue weighted by Crippen LogP contribution is 2.20. The van der Waals surface area contributed by atoms with Crippen LogP contribution in [0.15, 0.2) is 76.3 Å². The number of carbonyl (C=O) groups is 1. The van der Waals surface area contributed by atoms with E-state index < -0.39 is 10.0 Å². The fourth-order valence-corrected chi connectivity index (χ4v) is 4.99. The number of thiophene rings is 1. The Hall–Kier alpha value is -2.68. The molecule has 3 rings (SSSR count). The molecule has 8 heteroatoms. The van der Waals surface area contributed by atoms with Crippen LogP contribution >= 0.6 is 11.3 Å². The zero-order valence-electron chi connectivity index (χ0n) is 17.3. The molecule has 3 aromatic rings. The largest absolute Gasteiger partial charge is 0.374 e. The average Bonchev–Trinajstić information content (AvgIpc) is 3.31. The molecule has 1 unspecified atom stereocenters. The van der Waals surface area contributed by atoms with Gasteiger partial charge in [0.25, 0.3) is 10.0 Å². The Kier molecular flexibility index (Phi) is 8.22. The van der Waals surface area contributed by atoms with Gasteiger partial charge in [0.05, 0.1) is 12.5 Å². The zero-order valence-corrected chi connectivity index (χ0v) is 18.9. The Bertz CT molecular complexity index is 1050. The summed E-state index contributed by atoms with van der Waals surface area (Å²) in [5.41, 5.74) is 2.40. The molecule has 0 bridgehead atoms. The maximum Gasteiger partial charge on any atom is 0.271 e. The fourth-order valence-electron chi connectivity index (χ4n) is 2.94. The van der Waals surface area contributed by atoms with Crippen molar-refractivity contribution in [1.82, 2.24) is 5.32 Å². The van der Waals surface area contributed by atoms with E-state index in [1.807, 2.05) is 37.3 Å². The summed E-state index contributed by atoms with van der Waals surface area (Å²) in [5.74, 6) is -0.0805. The third kappa shape index (κ3) is 7.20. The maximum atomic E-state index is 12.2. The molecular formula is C23H26N2O4S2. The molecule has 0 saturated heterocycles. The van der Waals surface area contributed by atoms with Crippen molar-refractivity contribution in [2.75, 3.05) is 17.9 Å². The number of ether oxygens (including phenoxy) is 1. The van der Waals surface area contributed by atoms with Crippen molar-refractivity contribution in [3.63, 3.8) is 0 Å². The molecule has 1 aromatic heterocycles. The number of amides is 1. The van der Waals surface area contributed by atoms with Crippen molar-refractivity contribution >= 4 is 33.0 Å². The molecule has 0 saturated carbocycles. The molecule has 0 aliphatic carbocycles. The number of carbonyl (C=O) groups excluding carboxylic acids is 1. The van der Waals surface area contributed by atoms with Gasteiger partial charge in [-0.15, -0.1) is 11.3 Å². The first kappa shape index (κ1) is 23.0. The minimum Gasteiger partial charge on any atom is -0.374 e. The van der Waals surface area contributed by atoms with Crippen LogP contribution in [0.5, 0.6) is 0 Å². The number of hydrogen-bond donors (Lipinski definition) is 2. The third-order valence-electron chi connectivity index (χ3n) is 4.61. The maximum absolute atomic E-state index is 12.2. The summed E-state index contributed by atoms with van der Waals surface area (Å²) in [4.78, 5) is 12.1. The molecule has 0 fully saturated rings. The molecule has 164 valence electrons. The van der Waals surface area contributed by atoms with Gasteiger partial charge in [-0.05, 0) is 48.1 Å². The van der Waals surface area contributed by atoms with Crippen LogP contribution in [0.2, 0.25) is 0 Å². The number of anilines is 1. The van der Waals surface area contributed by atoms with Crippen LogP contribution in [0.1, 0.15) is 30.6 Å². The minimum absolute atomic E-state index is 0.0210. The normalized spacial score (nSPS) is 12.3. The Labute approximate surface area is 187 Å². The molecule has 0 radical (unpaired) electrons. The Morgan fingerprint density at radius 1 is 1.03 bits per heavy atom. The highest BCUT2D eigenvalue weighted by Gasteiger charge is 2.15. The van der Waals surface area contributed by atoms with E-state index in [0.29, 0.717) is 18.8 Å². The van der Waals surface area contributed by atoms with Crippen molar-refractivity contribution in [2.24, 2.45) is 0 Å². The van der Waals surface area contributed by atoms with Crippen LogP contribution in [-0.2, 0) is 26.0 Å². The Balaban J connectivity index is 1.37. The topological polar surface area (TPSA) is 84.5 Å². The van der Waals surface area contributed by atoms with Gasteiger partial charge in [0.2, 0.25) is 5.91 Å². The molecule has 31 heavy (non-hydrogen) atoms. The van der Waals surface area contributed by atoms with Crippen LogP contribution < -0.4 is 10.0 Å². The van der Waals surface area contributed by atoms with Gasteiger partial charge in [-0.1, -0.05) is 48.5 Å². The predicted octanol–water partition coefficient (Wildman–Crippen LogP) is 4.38. The van der Waals surface area contributed by atoms with E-state index in [9.17, 15) is 13.2 Å². The van der Waals surface area contributed by atoms with Crippen LogP contribution in [0, 0.1) is 0 Å². The monoisotopic (exact) mass is 458 g/mol. The Morgan fingerprint density at radius 3 is 2.45 bits per heavy atom. The van der Waals surface area contributed by atoms with Crippen molar-refractivity contribution in [2.45, 2.75) is 30.1 Å². The Morgan fingerprint density at radius 2 is 1.77 bits per heavy atom. The number of benzene rings is 2. The standard InChI is InChI=1S/C23H26N2O4S2/c1-18(20-7-3-2-4-8-20)29-15-6-14-24-22(26)17-19-10-12-21(13-11-19)25-31(27,28)23-9-5-16-30-23/h2-5,7-13,16,18,25H,6,14-15,17H2,1H3,(H,24,26). The number of hydrogen-bond acceptors (Lipinski definition) is 5. The summed E-state index contributed by atoms with van der Waals surface area (Å²) >= 11 is 1.16. The lowest BCUT2D eigenvalue weighted by Gasteiger charge is -2.13. The highest BCUT2D eigenvalue weighted by atomic mass is 32.2. The summed E-state index contributed by atoms with van der Waals surface area (Å²) in [5, 5.41) is 4.60. The quantitative estimate of drug-likeness (QED) is 0.418. The molecule has 1 heterocycles. The molecule has 0 aliphatic heterocycles. The lowest BCUT2D eigenvalue weighted by molar-refractivity contribution is -0.120. The van der Waals surface area contributed by atoms with E-state index in [4.69, 9.17) is 4.74 Å². The summed E-state index contributed by atoms with van der Waals surface area (Å²) < 4.78 is 33.1. The minimum atomic E-state index is -3.57. The summed E-state index contributed by atoms with van der Waals surface area (Å²) in [7, 11) is -3.57. The lowest BCUT2D eigenvalue weighted by atomic mass is 10.1. The molecule has 2 N–H and O–H groups in total. The molecular weight excluding hydrogens is 432 g/mol. The number of nitrogens with one attached hydrogen (secondary N) is 2. The molecule has 0 aliphatic rings. The van der Waals surface area contributed by atoms with Gasteiger partial charge in [0.15, 0.2) is 0 Å². The molecule has 2 aromatic carbocycles. The van der Waals surface area contributed by atoms with Gasteiger partial charge in [-0.25, -0.2) is 8.42 Å². The average molecular weight is 459 g/mol. The van der Waals surface area contributed by atoms with Crippen molar-refractivity contribution < 1.29 is 17.9 Å². The predicted molar refractivity (Wildman–Crippen MR) is 124 cm³/mol. The van der Waals surface area contributed by atoms with E-state index >= 15 is 0 Å². The third-order valence-corrected chi connectivity index (χ3v) is 7.39. The molecule has 6 nitrogen and oxygen atoms in total. The summed E-state index contributed by atoms with van der Waals surface area (Å²) in [6.45, 7) is 3.12. The smallest absolute Gasteiger partial charge is 0.271 e. The zero-order chi connectivity index (χ0) is 22.1. The first-order chi connectivity index (χ1) is 14.9. The van der Waals surface area contributed by atoms with E-state index in [-0.39, 0.29) is 22.6 Å². The van der Waals surface area contributed by atoms with Crippen LogP contribution in [0.4, 0.5) is 5.69 Å². The van der Waals surface area contributed by atoms with E-state index in [1.54, 1.807) is 41.8 Å². The summed E-state index contributed by atoms with van der Waals surface area (Å²) in [6, 6.07) is 20.1. The van der Waals surface area contributed by atoms with E-state index in [1.165, 1.54) is 0 Å². The first-order valence-electron chi connectivity index (χ1n) is 10.0. The summed E-state index contributed by atoms with van der Waals surface area (Å²) in [6.07, 6.45) is 0.985. The van der Waals surface area contributed by atoms with Gasteiger partial charge >= 0.3 is 0 Å². The van der Waals surface area contributed by atoms with E-state index in [2.05, 4.69) is 10.0 Å². The molecule has 0 spiro atoms. The second-order valence-electron chi connectivity index (χ2n) is 7.04. The first-order valence-corrected chi connectivity index (χ1v) is 12.4.